The van der Waals surface area contributed by atoms with Gasteiger partial charge < -0.3 is 20.0 Å². The van der Waals surface area contributed by atoms with E-state index in [1.807, 2.05) is 47.9 Å². The Kier molecular flexibility index (Phi) is 8.38. The van der Waals surface area contributed by atoms with Crippen LogP contribution < -0.4 is 20.3 Å². The van der Waals surface area contributed by atoms with Crippen LogP contribution in [0.4, 0.5) is 17.2 Å². The molecule has 0 atom stereocenters. The topological polar surface area (TPSA) is 136 Å². The zero-order chi connectivity index (χ0) is 30.0. The van der Waals surface area contributed by atoms with E-state index in [-0.39, 0.29) is 16.8 Å². The molecular formula is C31H37N7O3S. The Balaban J connectivity index is 1.28. The number of benzene rings is 2. The summed E-state index contributed by atoms with van der Waals surface area (Å²) in [6.07, 6.45) is 3.39. The van der Waals surface area contributed by atoms with Crippen molar-refractivity contribution in [3.05, 3.63) is 76.5 Å². The Morgan fingerprint density at radius 3 is 2.33 bits per heavy atom. The lowest BCUT2D eigenvalue weighted by atomic mass is 9.94. The average molecular weight is 588 g/mol. The summed E-state index contributed by atoms with van der Waals surface area (Å²) in [4.78, 5) is 24.1. The van der Waals surface area contributed by atoms with Crippen LogP contribution in [0.25, 0.3) is 0 Å². The molecule has 1 aromatic heterocycles. The molecule has 42 heavy (non-hydrogen) atoms. The van der Waals surface area contributed by atoms with Crippen LogP contribution in [-0.4, -0.2) is 69.5 Å². The van der Waals surface area contributed by atoms with Gasteiger partial charge in [-0.2, -0.15) is 5.26 Å². The van der Waals surface area contributed by atoms with E-state index in [9.17, 15) is 18.5 Å². The lowest BCUT2D eigenvalue weighted by Gasteiger charge is -2.37. The van der Waals surface area contributed by atoms with Crippen LogP contribution in [0.15, 0.2) is 53.6 Å². The van der Waals surface area contributed by atoms with Crippen molar-refractivity contribution in [3.63, 3.8) is 0 Å². The third kappa shape index (κ3) is 5.91. The fourth-order valence-electron chi connectivity index (χ4n) is 6.17. The molecule has 2 aromatic carbocycles. The SMILES string of the molecule is Cc1cc(C)c(C(=O)N2CCN(c3ncccc3S(N)(=O)=O)CC2)c(C)c1NC1CCN(c2ccccc2C#N)CC1. The van der Waals surface area contributed by atoms with Crippen LogP contribution in [-0.2, 0) is 10.0 Å². The van der Waals surface area contributed by atoms with Crippen molar-refractivity contribution in [1.82, 2.24) is 9.88 Å². The van der Waals surface area contributed by atoms with Crippen LogP contribution in [0, 0.1) is 32.1 Å². The number of carbonyl (C=O) groups excluding carboxylic acids is 1. The molecule has 2 aliphatic rings. The molecule has 0 saturated carbocycles. The molecule has 2 fully saturated rings. The Hall–Kier alpha value is -4.14. The number of pyridine rings is 1. The number of carbonyl (C=O) groups is 1. The van der Waals surface area contributed by atoms with Crippen molar-refractivity contribution in [2.24, 2.45) is 5.14 Å². The number of nitriles is 1. The smallest absolute Gasteiger partial charge is 0.254 e. The minimum absolute atomic E-state index is 0.00850. The lowest BCUT2D eigenvalue weighted by molar-refractivity contribution is 0.0745. The number of anilines is 3. The zero-order valence-corrected chi connectivity index (χ0v) is 25.1. The summed E-state index contributed by atoms with van der Waals surface area (Å²) in [5.41, 5.74) is 6.38. The highest BCUT2D eigenvalue weighted by Crippen LogP contribution is 2.32. The third-order valence-corrected chi connectivity index (χ3v) is 9.25. The molecule has 10 nitrogen and oxygen atoms in total. The number of nitrogens with one attached hydrogen (secondary N) is 1. The normalized spacial score (nSPS) is 16.3. The third-order valence-electron chi connectivity index (χ3n) is 8.32. The molecule has 0 spiro atoms. The van der Waals surface area contributed by atoms with Crippen LogP contribution in [0.1, 0.15) is 45.5 Å². The number of amides is 1. The summed E-state index contributed by atoms with van der Waals surface area (Å²) in [6, 6.07) is 15.4. The number of aryl methyl sites for hydroxylation is 2. The number of nitrogens with zero attached hydrogens (tertiary/aromatic N) is 5. The molecule has 1 amide bonds. The second-order valence-corrected chi connectivity index (χ2v) is 12.6. The maximum atomic E-state index is 13.8. The Morgan fingerprint density at radius 1 is 0.976 bits per heavy atom. The Morgan fingerprint density at radius 2 is 1.67 bits per heavy atom. The number of aromatic nitrogens is 1. The van der Waals surface area contributed by atoms with Gasteiger partial charge in [0.2, 0.25) is 10.0 Å². The van der Waals surface area contributed by atoms with Crippen molar-refractivity contribution in [3.8, 4) is 6.07 Å². The first kappa shape index (κ1) is 29.4. The molecule has 11 heteroatoms. The summed E-state index contributed by atoms with van der Waals surface area (Å²) in [7, 11) is -3.92. The second-order valence-electron chi connectivity index (χ2n) is 11.1. The largest absolute Gasteiger partial charge is 0.382 e. The fraction of sp³-hybridized carbons (Fsp3) is 0.387. The van der Waals surface area contributed by atoms with E-state index in [4.69, 9.17) is 5.14 Å². The first-order valence-electron chi connectivity index (χ1n) is 14.2. The number of hydrogen-bond donors (Lipinski definition) is 2. The van der Waals surface area contributed by atoms with Crippen LogP contribution in [0.3, 0.4) is 0 Å². The molecule has 3 N–H and O–H groups in total. The molecule has 0 unspecified atom stereocenters. The van der Waals surface area contributed by atoms with Crippen molar-refractivity contribution in [2.75, 3.05) is 54.4 Å². The van der Waals surface area contributed by atoms with Crippen molar-refractivity contribution in [1.29, 1.82) is 5.26 Å². The fourth-order valence-corrected chi connectivity index (χ4v) is 6.88. The molecule has 2 aliphatic heterocycles. The number of sulfonamides is 1. The molecule has 0 bridgehead atoms. The van der Waals surface area contributed by atoms with Gasteiger partial charge in [-0.1, -0.05) is 18.2 Å². The van der Waals surface area contributed by atoms with E-state index in [1.54, 1.807) is 12.3 Å². The summed E-state index contributed by atoms with van der Waals surface area (Å²) >= 11 is 0. The maximum Gasteiger partial charge on any atom is 0.254 e. The molecule has 3 heterocycles. The highest BCUT2D eigenvalue weighted by Gasteiger charge is 2.29. The predicted octanol–water partition coefficient (Wildman–Crippen LogP) is 3.57. The number of piperazine rings is 1. The number of primary sulfonamides is 1. The minimum Gasteiger partial charge on any atom is -0.382 e. The first-order chi connectivity index (χ1) is 20.1. The summed E-state index contributed by atoms with van der Waals surface area (Å²) in [5.74, 6) is 0.298. The summed E-state index contributed by atoms with van der Waals surface area (Å²) in [5, 5.41) is 18.7. The van der Waals surface area contributed by atoms with E-state index >= 15 is 0 Å². The number of nitrogens with two attached hydrogens (primary N) is 1. The first-order valence-corrected chi connectivity index (χ1v) is 15.8. The molecular weight excluding hydrogens is 550 g/mol. The Labute approximate surface area is 247 Å². The summed E-state index contributed by atoms with van der Waals surface area (Å²) < 4.78 is 24.1. The van der Waals surface area contributed by atoms with Crippen molar-refractivity contribution < 1.29 is 13.2 Å². The van der Waals surface area contributed by atoms with Gasteiger partial charge in [-0.25, -0.2) is 18.5 Å². The highest BCUT2D eigenvalue weighted by molar-refractivity contribution is 7.89. The van der Waals surface area contributed by atoms with Gasteiger partial charge in [0, 0.05) is 62.8 Å². The van der Waals surface area contributed by atoms with Gasteiger partial charge in [0.1, 0.15) is 16.8 Å². The van der Waals surface area contributed by atoms with E-state index in [0.29, 0.717) is 43.1 Å². The van der Waals surface area contributed by atoms with Gasteiger partial charge in [-0.15, -0.1) is 0 Å². The van der Waals surface area contributed by atoms with Gasteiger partial charge in [0.05, 0.1) is 11.3 Å². The predicted molar refractivity (Wildman–Crippen MR) is 164 cm³/mol. The van der Waals surface area contributed by atoms with E-state index < -0.39 is 10.0 Å². The lowest BCUT2D eigenvalue weighted by Crippen LogP contribution is -2.49. The van der Waals surface area contributed by atoms with Gasteiger partial charge in [-0.3, -0.25) is 4.79 Å². The van der Waals surface area contributed by atoms with E-state index in [1.165, 1.54) is 6.07 Å². The van der Waals surface area contributed by atoms with E-state index in [2.05, 4.69) is 34.3 Å². The minimum atomic E-state index is -3.92. The molecule has 0 radical (unpaired) electrons. The number of hydrogen-bond acceptors (Lipinski definition) is 8. The van der Waals surface area contributed by atoms with Gasteiger partial charge in [0.15, 0.2) is 0 Å². The molecule has 0 aliphatic carbocycles. The van der Waals surface area contributed by atoms with Crippen molar-refractivity contribution >= 4 is 33.1 Å². The molecule has 5 rings (SSSR count). The van der Waals surface area contributed by atoms with Crippen LogP contribution in [0.2, 0.25) is 0 Å². The molecule has 220 valence electrons. The monoisotopic (exact) mass is 587 g/mol. The average Bonchev–Trinajstić information content (AvgIpc) is 2.99. The number of rotatable bonds is 6. The second kappa shape index (κ2) is 12.0. The Bertz CT molecular complexity index is 1630. The van der Waals surface area contributed by atoms with Gasteiger partial charge in [-0.05, 0) is 74.6 Å². The summed E-state index contributed by atoms with van der Waals surface area (Å²) in [6.45, 7) is 9.54. The van der Waals surface area contributed by atoms with Gasteiger partial charge >= 0.3 is 0 Å². The van der Waals surface area contributed by atoms with Gasteiger partial charge in [0.25, 0.3) is 5.91 Å². The quantitative estimate of drug-likeness (QED) is 0.447. The van der Waals surface area contributed by atoms with Crippen molar-refractivity contribution in [2.45, 2.75) is 44.6 Å². The highest BCUT2D eigenvalue weighted by atomic mass is 32.2. The number of piperidine rings is 1. The molecule has 3 aromatic rings. The van der Waals surface area contributed by atoms with Crippen LogP contribution in [0.5, 0.6) is 0 Å². The standard InChI is InChI=1S/C31H37N7O3S/c1-21-19-22(2)29(35-25-10-13-36(14-11-25)26-8-5-4-7-24(26)20-32)23(3)28(21)31(39)38-17-15-37(16-18-38)30-27(42(33,40)41)9-6-12-34-30/h4-9,12,19,25,35H,10-11,13-18H2,1-3H3,(H2,33,40,41). The number of para-hydroxylation sites is 1. The van der Waals surface area contributed by atoms with Crippen LogP contribution >= 0.6 is 0 Å². The van der Waals surface area contributed by atoms with E-state index in [0.717, 1.165) is 54.0 Å². The molecule has 2 saturated heterocycles. The maximum absolute atomic E-state index is 13.8. The zero-order valence-electron chi connectivity index (χ0n) is 24.3.